The summed E-state index contributed by atoms with van der Waals surface area (Å²) < 4.78 is 3.80. The van der Waals surface area contributed by atoms with Crippen LogP contribution in [0.3, 0.4) is 0 Å². The molecule has 2 aliphatic rings. The molecule has 0 radical (unpaired) electrons. The number of anilines is 2. The Morgan fingerprint density at radius 2 is 2.03 bits per heavy atom. The van der Waals surface area contributed by atoms with Crippen LogP contribution in [0.2, 0.25) is 0 Å². The van der Waals surface area contributed by atoms with Crippen LogP contribution < -0.4 is 10.6 Å². The first-order chi connectivity index (χ1) is 17.5. The van der Waals surface area contributed by atoms with Gasteiger partial charge in [0.15, 0.2) is 0 Å². The van der Waals surface area contributed by atoms with Gasteiger partial charge in [-0.25, -0.2) is 4.52 Å². The van der Waals surface area contributed by atoms with Gasteiger partial charge in [-0.1, -0.05) is 0 Å². The molecular weight excluding hydrogens is 476 g/mol. The molecule has 186 valence electrons. The minimum atomic E-state index is -0.266. The fourth-order valence-corrected chi connectivity index (χ4v) is 6.16. The predicted octanol–water partition coefficient (Wildman–Crippen LogP) is 3.58. The topological polar surface area (TPSA) is 109 Å². The minimum Gasteiger partial charge on any atom is -0.324 e. The molecule has 2 aliphatic heterocycles. The molecule has 0 aromatic carbocycles. The highest BCUT2D eigenvalue weighted by molar-refractivity contribution is 7.21. The zero-order valence-electron chi connectivity index (χ0n) is 20.3. The van der Waals surface area contributed by atoms with Crippen LogP contribution >= 0.6 is 11.3 Å². The summed E-state index contributed by atoms with van der Waals surface area (Å²) in [6, 6.07) is 2.17. The molecule has 2 N–H and O–H groups in total. The van der Waals surface area contributed by atoms with Crippen molar-refractivity contribution in [3.63, 3.8) is 0 Å². The molecule has 36 heavy (non-hydrogen) atoms. The average molecular weight is 505 g/mol. The molecule has 0 saturated carbocycles. The molecule has 0 bridgehead atoms. The van der Waals surface area contributed by atoms with E-state index < -0.39 is 0 Å². The first-order valence-corrected chi connectivity index (χ1v) is 13.1. The van der Waals surface area contributed by atoms with E-state index in [0.29, 0.717) is 35.2 Å². The van der Waals surface area contributed by atoms with E-state index in [0.717, 1.165) is 54.0 Å². The van der Waals surface area contributed by atoms with E-state index in [1.165, 1.54) is 17.0 Å². The molecule has 4 aromatic heterocycles. The number of carbonyl (C=O) groups is 2. The van der Waals surface area contributed by atoms with Crippen molar-refractivity contribution in [3.05, 3.63) is 47.8 Å². The SMILES string of the molecule is Cc1ncc(NC(=O)CN2CCCC2C)cc1NC(=O)c1cnn2cc(-c3cnn4c3CCC4)sc12. The average Bonchev–Trinajstić information content (AvgIpc) is 3.63. The van der Waals surface area contributed by atoms with Crippen molar-refractivity contribution in [2.75, 3.05) is 23.7 Å². The number of aryl methyl sites for hydroxylation is 2. The summed E-state index contributed by atoms with van der Waals surface area (Å²) in [5, 5.41) is 14.8. The van der Waals surface area contributed by atoms with Crippen molar-refractivity contribution in [1.82, 2.24) is 29.3 Å². The van der Waals surface area contributed by atoms with Crippen LogP contribution in [-0.2, 0) is 17.8 Å². The lowest BCUT2D eigenvalue weighted by Gasteiger charge is -2.20. The second-order valence-electron chi connectivity index (χ2n) is 9.56. The molecule has 1 saturated heterocycles. The Kier molecular flexibility index (Phi) is 5.81. The number of nitrogens with zero attached hydrogens (tertiary/aromatic N) is 6. The predicted molar refractivity (Wildman–Crippen MR) is 138 cm³/mol. The highest BCUT2D eigenvalue weighted by Gasteiger charge is 2.24. The molecule has 0 aliphatic carbocycles. The van der Waals surface area contributed by atoms with Gasteiger partial charge in [-0.05, 0) is 52.1 Å². The Morgan fingerprint density at radius 3 is 2.86 bits per heavy atom. The molecule has 0 spiro atoms. The van der Waals surface area contributed by atoms with E-state index in [1.54, 1.807) is 23.0 Å². The van der Waals surface area contributed by atoms with Crippen LogP contribution in [0.5, 0.6) is 0 Å². The number of hydrogen-bond acceptors (Lipinski definition) is 7. The number of hydrogen-bond donors (Lipinski definition) is 2. The largest absolute Gasteiger partial charge is 0.324 e. The van der Waals surface area contributed by atoms with Crippen molar-refractivity contribution in [1.29, 1.82) is 0 Å². The smallest absolute Gasteiger partial charge is 0.260 e. The zero-order chi connectivity index (χ0) is 24.8. The maximum Gasteiger partial charge on any atom is 0.260 e. The molecule has 1 fully saturated rings. The van der Waals surface area contributed by atoms with Crippen molar-refractivity contribution in [2.24, 2.45) is 0 Å². The summed E-state index contributed by atoms with van der Waals surface area (Å²) in [5.74, 6) is -0.347. The maximum atomic E-state index is 13.2. The number of aromatic nitrogens is 5. The van der Waals surface area contributed by atoms with Crippen LogP contribution in [0.25, 0.3) is 15.3 Å². The highest BCUT2D eigenvalue weighted by Crippen LogP contribution is 2.35. The Bertz CT molecular complexity index is 1470. The van der Waals surface area contributed by atoms with Gasteiger partial charge in [-0.15, -0.1) is 11.3 Å². The Hall–Kier alpha value is -3.57. The van der Waals surface area contributed by atoms with Gasteiger partial charge in [0.1, 0.15) is 4.83 Å². The highest BCUT2D eigenvalue weighted by atomic mass is 32.1. The summed E-state index contributed by atoms with van der Waals surface area (Å²) in [5.41, 5.74) is 4.62. The van der Waals surface area contributed by atoms with Crippen LogP contribution in [0.15, 0.2) is 30.9 Å². The van der Waals surface area contributed by atoms with Gasteiger partial charge in [0.2, 0.25) is 5.91 Å². The quantitative estimate of drug-likeness (QED) is 0.415. The number of thiazole rings is 1. The number of pyridine rings is 1. The number of rotatable bonds is 6. The first-order valence-electron chi connectivity index (χ1n) is 12.3. The fraction of sp³-hybridized carbons (Fsp3) is 0.400. The summed E-state index contributed by atoms with van der Waals surface area (Å²) in [4.78, 5) is 34.2. The molecule has 6 heterocycles. The number of carbonyl (C=O) groups excluding carboxylic acids is 2. The molecule has 6 rings (SSSR count). The summed E-state index contributed by atoms with van der Waals surface area (Å²) >= 11 is 1.53. The van der Waals surface area contributed by atoms with E-state index in [2.05, 4.69) is 42.3 Å². The van der Waals surface area contributed by atoms with Gasteiger partial charge in [0, 0.05) is 30.0 Å². The lowest BCUT2D eigenvalue weighted by Crippen LogP contribution is -2.35. The van der Waals surface area contributed by atoms with Gasteiger partial charge in [0.25, 0.3) is 5.91 Å². The lowest BCUT2D eigenvalue weighted by molar-refractivity contribution is -0.117. The Balaban J connectivity index is 1.19. The van der Waals surface area contributed by atoms with E-state index in [1.807, 2.05) is 19.3 Å². The third-order valence-electron chi connectivity index (χ3n) is 7.09. The van der Waals surface area contributed by atoms with Crippen molar-refractivity contribution >= 4 is 39.4 Å². The van der Waals surface area contributed by atoms with Crippen molar-refractivity contribution in [3.8, 4) is 10.4 Å². The van der Waals surface area contributed by atoms with Crippen LogP contribution in [0, 0.1) is 6.92 Å². The second-order valence-corrected chi connectivity index (χ2v) is 10.6. The van der Waals surface area contributed by atoms with Crippen molar-refractivity contribution < 1.29 is 9.59 Å². The van der Waals surface area contributed by atoms with Gasteiger partial charge in [-0.3, -0.25) is 24.2 Å². The van der Waals surface area contributed by atoms with Crippen LogP contribution in [0.4, 0.5) is 11.4 Å². The Labute approximate surface area is 212 Å². The zero-order valence-corrected chi connectivity index (χ0v) is 21.1. The molecule has 10 nitrogen and oxygen atoms in total. The molecular formula is C25H28N8O2S. The molecule has 11 heteroatoms. The number of nitrogens with one attached hydrogen (secondary N) is 2. The van der Waals surface area contributed by atoms with Gasteiger partial charge in [-0.2, -0.15) is 10.2 Å². The van der Waals surface area contributed by atoms with Gasteiger partial charge >= 0.3 is 0 Å². The summed E-state index contributed by atoms with van der Waals surface area (Å²) in [6.07, 6.45) is 11.4. The maximum absolute atomic E-state index is 13.2. The van der Waals surface area contributed by atoms with Gasteiger partial charge < -0.3 is 10.6 Å². The van der Waals surface area contributed by atoms with Gasteiger partial charge in [0.05, 0.1) is 52.6 Å². The molecule has 4 aromatic rings. The van der Waals surface area contributed by atoms with Crippen LogP contribution in [-0.4, -0.2) is 60.2 Å². The number of fused-ring (bicyclic) bond motifs is 2. The Morgan fingerprint density at radius 1 is 1.14 bits per heavy atom. The number of likely N-dealkylation sites (tertiary alicyclic amines) is 1. The lowest BCUT2D eigenvalue weighted by atomic mass is 10.2. The van der Waals surface area contributed by atoms with E-state index >= 15 is 0 Å². The van der Waals surface area contributed by atoms with Crippen LogP contribution in [0.1, 0.15) is 47.9 Å². The summed E-state index contributed by atoms with van der Waals surface area (Å²) in [7, 11) is 0. The second kappa shape index (κ2) is 9.14. The van der Waals surface area contributed by atoms with Crippen molar-refractivity contribution in [2.45, 2.75) is 52.1 Å². The van der Waals surface area contributed by atoms with E-state index in [4.69, 9.17) is 0 Å². The summed E-state index contributed by atoms with van der Waals surface area (Å²) in [6.45, 7) is 6.22. The number of amides is 2. The minimum absolute atomic E-state index is 0.0808. The standard InChI is InChI=1S/C25H28N8O2S/c1-15-5-3-7-31(15)14-23(34)29-17-9-20(16(2)26-10-17)30-24(35)19-12-28-33-13-22(36-25(19)33)18-11-27-32-8-4-6-21(18)32/h9-13,15H,3-8,14H2,1-2H3,(H,29,34)(H,30,35). The van der Waals surface area contributed by atoms with E-state index in [-0.39, 0.29) is 11.8 Å². The van der Waals surface area contributed by atoms with E-state index in [9.17, 15) is 9.59 Å². The molecule has 1 atom stereocenters. The third kappa shape index (κ3) is 4.18. The molecule has 2 amide bonds. The first kappa shape index (κ1) is 22.9. The third-order valence-corrected chi connectivity index (χ3v) is 8.24. The normalized spacial score (nSPS) is 17.6. The monoisotopic (exact) mass is 504 g/mol. The molecule has 1 unspecified atom stereocenters. The fourth-order valence-electron chi connectivity index (χ4n) is 5.07.